The van der Waals surface area contributed by atoms with Crippen molar-refractivity contribution >= 4 is 9.84 Å². The minimum Gasteiger partial charge on any atom is -0.312 e. The molecule has 0 spiro atoms. The van der Waals surface area contributed by atoms with Crippen molar-refractivity contribution in [2.45, 2.75) is 53.5 Å². The number of rotatable bonds is 3. The monoisotopic (exact) mass is 275 g/mol. The lowest BCUT2D eigenvalue weighted by Gasteiger charge is -2.37. The summed E-state index contributed by atoms with van der Waals surface area (Å²) in [6.07, 6.45) is 0.829. The van der Waals surface area contributed by atoms with Gasteiger partial charge in [0, 0.05) is 5.54 Å². The molecule has 1 aliphatic rings. The van der Waals surface area contributed by atoms with Gasteiger partial charge < -0.3 is 5.32 Å². The molecule has 1 aliphatic heterocycles. The molecule has 0 amide bonds. The van der Waals surface area contributed by atoms with E-state index in [9.17, 15) is 8.42 Å². The van der Waals surface area contributed by atoms with Gasteiger partial charge in [-0.2, -0.15) is 0 Å². The molecule has 1 fully saturated rings. The number of hydrogen-bond donors (Lipinski definition) is 1. The van der Waals surface area contributed by atoms with E-state index in [1.807, 2.05) is 0 Å². The normalized spacial score (nSPS) is 26.2. The predicted molar refractivity (Wildman–Crippen MR) is 77.5 cm³/mol. The molecule has 1 rings (SSSR count). The molecule has 2 unspecified atom stereocenters. The highest BCUT2D eigenvalue weighted by atomic mass is 32.2. The molecule has 0 radical (unpaired) electrons. The Labute approximate surface area is 113 Å². The van der Waals surface area contributed by atoms with Crippen LogP contribution in [0.25, 0.3) is 0 Å². The summed E-state index contributed by atoms with van der Waals surface area (Å²) in [6.45, 7) is 14.0. The molecule has 0 aromatic heterocycles. The average molecular weight is 275 g/mol. The summed E-state index contributed by atoms with van der Waals surface area (Å²) < 4.78 is 23.3. The van der Waals surface area contributed by atoms with Gasteiger partial charge in [-0.1, -0.05) is 20.8 Å². The maximum absolute atomic E-state index is 11.7. The van der Waals surface area contributed by atoms with Crippen LogP contribution in [0.15, 0.2) is 0 Å². The zero-order valence-electron chi connectivity index (χ0n) is 12.7. The van der Waals surface area contributed by atoms with E-state index in [0.717, 1.165) is 13.0 Å². The first-order valence-corrected chi connectivity index (χ1v) is 8.68. The molecule has 2 atom stereocenters. The standard InChI is InChI=1S/C14H29NO2S/c1-13(2,3)12(9-15-14(4,5)6)11-7-8-18(16,17)10-11/h11-12,15H,7-10H2,1-6H3. The minimum absolute atomic E-state index is 0.0843. The van der Waals surface area contributed by atoms with E-state index in [0.29, 0.717) is 23.3 Å². The second kappa shape index (κ2) is 5.12. The maximum Gasteiger partial charge on any atom is 0.150 e. The fourth-order valence-electron chi connectivity index (χ4n) is 2.74. The molecule has 0 bridgehead atoms. The van der Waals surface area contributed by atoms with E-state index in [-0.39, 0.29) is 11.0 Å². The zero-order valence-corrected chi connectivity index (χ0v) is 13.5. The van der Waals surface area contributed by atoms with Crippen LogP contribution in [0.2, 0.25) is 0 Å². The third kappa shape index (κ3) is 4.88. The van der Waals surface area contributed by atoms with Crippen molar-refractivity contribution in [2.75, 3.05) is 18.1 Å². The lowest BCUT2D eigenvalue weighted by atomic mass is 9.72. The van der Waals surface area contributed by atoms with Gasteiger partial charge >= 0.3 is 0 Å². The molecule has 18 heavy (non-hydrogen) atoms. The van der Waals surface area contributed by atoms with Crippen LogP contribution in [-0.4, -0.2) is 32.0 Å². The van der Waals surface area contributed by atoms with E-state index >= 15 is 0 Å². The van der Waals surface area contributed by atoms with Crippen LogP contribution >= 0.6 is 0 Å². The van der Waals surface area contributed by atoms with Crippen molar-refractivity contribution in [3.8, 4) is 0 Å². The van der Waals surface area contributed by atoms with Crippen LogP contribution in [0.1, 0.15) is 48.0 Å². The SMILES string of the molecule is CC(C)(C)NCC(C1CCS(=O)(=O)C1)C(C)(C)C. The van der Waals surface area contributed by atoms with Crippen molar-refractivity contribution in [3.05, 3.63) is 0 Å². The lowest BCUT2D eigenvalue weighted by Crippen LogP contribution is -2.44. The number of hydrogen-bond acceptors (Lipinski definition) is 3. The highest BCUT2D eigenvalue weighted by molar-refractivity contribution is 7.91. The van der Waals surface area contributed by atoms with Crippen LogP contribution in [0.5, 0.6) is 0 Å². The largest absolute Gasteiger partial charge is 0.312 e. The van der Waals surface area contributed by atoms with E-state index in [2.05, 4.69) is 46.9 Å². The summed E-state index contributed by atoms with van der Waals surface area (Å²) in [5, 5.41) is 3.54. The average Bonchev–Trinajstić information content (AvgIpc) is 2.41. The topological polar surface area (TPSA) is 46.2 Å². The van der Waals surface area contributed by atoms with E-state index in [1.165, 1.54) is 0 Å². The van der Waals surface area contributed by atoms with Crippen LogP contribution in [0, 0.1) is 17.3 Å². The molecular formula is C14H29NO2S. The van der Waals surface area contributed by atoms with Crippen LogP contribution in [0.3, 0.4) is 0 Å². The summed E-state index contributed by atoms with van der Waals surface area (Å²) in [5.41, 5.74) is 0.226. The molecular weight excluding hydrogens is 246 g/mol. The Morgan fingerprint density at radius 2 is 1.72 bits per heavy atom. The smallest absolute Gasteiger partial charge is 0.150 e. The van der Waals surface area contributed by atoms with Crippen LogP contribution in [0.4, 0.5) is 0 Å². The summed E-state index contributed by atoms with van der Waals surface area (Å²) in [7, 11) is -2.78. The van der Waals surface area contributed by atoms with Gasteiger partial charge in [-0.25, -0.2) is 8.42 Å². The molecule has 108 valence electrons. The first-order valence-electron chi connectivity index (χ1n) is 6.86. The minimum atomic E-state index is -2.78. The van der Waals surface area contributed by atoms with Crippen molar-refractivity contribution in [2.24, 2.45) is 17.3 Å². The number of nitrogens with one attached hydrogen (secondary N) is 1. The molecule has 1 N–H and O–H groups in total. The molecule has 1 saturated heterocycles. The number of sulfone groups is 1. The molecule has 0 aromatic rings. The third-order valence-corrected chi connectivity index (χ3v) is 5.60. The predicted octanol–water partition coefficient (Wildman–Crippen LogP) is 2.47. The van der Waals surface area contributed by atoms with Crippen LogP contribution in [-0.2, 0) is 9.84 Å². The summed E-state index contributed by atoms with van der Waals surface area (Å²) in [6, 6.07) is 0. The van der Waals surface area contributed by atoms with Crippen LogP contribution < -0.4 is 5.32 Å². The molecule has 0 saturated carbocycles. The Kier molecular flexibility index (Phi) is 4.54. The van der Waals surface area contributed by atoms with Gasteiger partial charge in [0.15, 0.2) is 9.84 Å². The Morgan fingerprint density at radius 3 is 2.06 bits per heavy atom. The third-order valence-electron chi connectivity index (χ3n) is 3.80. The Morgan fingerprint density at radius 1 is 1.17 bits per heavy atom. The molecule has 3 nitrogen and oxygen atoms in total. The van der Waals surface area contributed by atoms with Gasteiger partial charge in [0.2, 0.25) is 0 Å². The van der Waals surface area contributed by atoms with Gasteiger partial charge in [0.05, 0.1) is 11.5 Å². The molecule has 0 aliphatic carbocycles. The maximum atomic E-state index is 11.7. The second-order valence-corrected chi connectivity index (χ2v) is 10.00. The molecule has 1 heterocycles. The van der Waals surface area contributed by atoms with E-state index in [4.69, 9.17) is 0 Å². The Hall–Kier alpha value is -0.0900. The van der Waals surface area contributed by atoms with E-state index < -0.39 is 9.84 Å². The summed E-state index contributed by atoms with van der Waals surface area (Å²) >= 11 is 0. The fraction of sp³-hybridized carbons (Fsp3) is 1.00. The first-order chi connectivity index (χ1) is 7.91. The van der Waals surface area contributed by atoms with Crippen molar-refractivity contribution in [1.82, 2.24) is 5.32 Å². The van der Waals surface area contributed by atoms with Crippen molar-refractivity contribution in [1.29, 1.82) is 0 Å². The van der Waals surface area contributed by atoms with Gasteiger partial charge in [0.25, 0.3) is 0 Å². The lowest BCUT2D eigenvalue weighted by molar-refractivity contribution is 0.155. The van der Waals surface area contributed by atoms with Gasteiger partial charge in [-0.05, 0) is 51.0 Å². The summed E-state index contributed by atoms with van der Waals surface area (Å²) in [4.78, 5) is 0. The molecule has 0 aromatic carbocycles. The van der Waals surface area contributed by atoms with Crippen molar-refractivity contribution in [3.63, 3.8) is 0 Å². The summed E-state index contributed by atoms with van der Waals surface area (Å²) in [5.74, 6) is 1.47. The van der Waals surface area contributed by atoms with E-state index in [1.54, 1.807) is 0 Å². The van der Waals surface area contributed by atoms with Gasteiger partial charge in [-0.3, -0.25) is 0 Å². The fourth-order valence-corrected chi connectivity index (χ4v) is 4.62. The second-order valence-electron chi connectivity index (χ2n) is 7.77. The quantitative estimate of drug-likeness (QED) is 0.860. The first kappa shape index (κ1) is 16.0. The Balaban J connectivity index is 2.75. The van der Waals surface area contributed by atoms with Crippen molar-refractivity contribution < 1.29 is 8.42 Å². The Bertz CT molecular complexity index is 374. The highest BCUT2D eigenvalue weighted by Crippen LogP contribution is 2.37. The highest BCUT2D eigenvalue weighted by Gasteiger charge is 2.39. The molecule has 4 heteroatoms. The van der Waals surface area contributed by atoms with Gasteiger partial charge in [0.1, 0.15) is 0 Å². The van der Waals surface area contributed by atoms with Gasteiger partial charge in [-0.15, -0.1) is 0 Å². The zero-order chi connectivity index (χ0) is 14.2.